The molecule has 0 aromatic heterocycles. The van der Waals surface area contributed by atoms with E-state index in [0.29, 0.717) is 39.0 Å². The lowest BCUT2D eigenvalue weighted by molar-refractivity contribution is -0.141. The number of rotatable bonds is 3. The van der Waals surface area contributed by atoms with Crippen molar-refractivity contribution in [1.29, 1.82) is 0 Å². The van der Waals surface area contributed by atoms with Crippen LogP contribution >= 0.6 is 0 Å². The summed E-state index contributed by atoms with van der Waals surface area (Å²) in [5.41, 5.74) is 2.76. The first-order chi connectivity index (χ1) is 12.6. The van der Waals surface area contributed by atoms with E-state index in [1.54, 1.807) is 0 Å². The first-order valence-electron chi connectivity index (χ1n) is 9.58. The average molecular weight is 355 g/mol. The maximum atomic E-state index is 12.6. The Bertz CT molecular complexity index is 732. The van der Waals surface area contributed by atoms with Crippen LogP contribution < -0.4 is 5.32 Å². The third-order valence-electron chi connectivity index (χ3n) is 5.80. The van der Waals surface area contributed by atoms with E-state index in [-0.39, 0.29) is 23.6 Å². The van der Waals surface area contributed by atoms with Gasteiger partial charge in [-0.15, -0.1) is 0 Å². The fourth-order valence-electron chi connectivity index (χ4n) is 4.29. The van der Waals surface area contributed by atoms with Crippen LogP contribution in [-0.2, 0) is 27.2 Å². The third-order valence-corrected chi connectivity index (χ3v) is 5.80. The van der Waals surface area contributed by atoms with Gasteiger partial charge in [-0.05, 0) is 30.0 Å². The molecule has 1 aliphatic carbocycles. The van der Waals surface area contributed by atoms with E-state index in [0.717, 1.165) is 42.5 Å². The summed E-state index contributed by atoms with van der Waals surface area (Å²) in [4.78, 5) is 40.3. The Hall–Kier alpha value is -2.37. The smallest absolute Gasteiger partial charge is 0.228 e. The summed E-state index contributed by atoms with van der Waals surface area (Å²) in [6.45, 7) is 2.51. The van der Waals surface area contributed by atoms with Crippen molar-refractivity contribution in [2.24, 2.45) is 5.92 Å². The summed E-state index contributed by atoms with van der Waals surface area (Å²) < 4.78 is 0. The van der Waals surface area contributed by atoms with E-state index in [9.17, 15) is 14.4 Å². The predicted molar refractivity (Wildman–Crippen MR) is 97.6 cm³/mol. The van der Waals surface area contributed by atoms with Crippen LogP contribution in [0.4, 0.5) is 5.69 Å². The molecule has 0 radical (unpaired) electrons. The van der Waals surface area contributed by atoms with Gasteiger partial charge in [-0.25, -0.2) is 0 Å². The van der Waals surface area contributed by atoms with E-state index < -0.39 is 0 Å². The SMILES string of the molecule is O=C1Cc2cc(CC(=O)N3CCN(C(=O)C4CCCC4)CC3)ccc2N1. The average Bonchev–Trinajstić information content (AvgIpc) is 3.29. The molecule has 3 aliphatic rings. The third kappa shape index (κ3) is 3.45. The minimum Gasteiger partial charge on any atom is -0.339 e. The molecule has 1 aromatic rings. The molecular weight excluding hydrogens is 330 g/mol. The summed E-state index contributed by atoms with van der Waals surface area (Å²) in [5, 5.41) is 2.81. The Labute approximate surface area is 153 Å². The van der Waals surface area contributed by atoms with Gasteiger partial charge in [0.2, 0.25) is 17.7 Å². The van der Waals surface area contributed by atoms with Crippen LogP contribution in [0.2, 0.25) is 0 Å². The van der Waals surface area contributed by atoms with Crippen molar-refractivity contribution in [3.05, 3.63) is 29.3 Å². The lowest BCUT2D eigenvalue weighted by Gasteiger charge is -2.36. The fourth-order valence-corrected chi connectivity index (χ4v) is 4.29. The molecular formula is C20H25N3O3. The second-order valence-electron chi connectivity index (χ2n) is 7.58. The van der Waals surface area contributed by atoms with Crippen LogP contribution in [0.1, 0.15) is 36.8 Å². The monoisotopic (exact) mass is 355 g/mol. The molecule has 0 bridgehead atoms. The highest BCUT2D eigenvalue weighted by molar-refractivity contribution is 5.99. The van der Waals surface area contributed by atoms with Crippen LogP contribution in [0.3, 0.4) is 0 Å². The first-order valence-corrected chi connectivity index (χ1v) is 9.58. The minimum absolute atomic E-state index is 0.00604. The summed E-state index contributed by atoms with van der Waals surface area (Å²) in [6, 6.07) is 5.73. The zero-order valence-electron chi connectivity index (χ0n) is 15.0. The molecule has 1 N–H and O–H groups in total. The molecule has 26 heavy (non-hydrogen) atoms. The van der Waals surface area contributed by atoms with Crippen molar-refractivity contribution in [3.63, 3.8) is 0 Å². The molecule has 1 aromatic carbocycles. The van der Waals surface area contributed by atoms with Crippen molar-refractivity contribution in [1.82, 2.24) is 9.80 Å². The van der Waals surface area contributed by atoms with Gasteiger partial charge in [0.25, 0.3) is 0 Å². The van der Waals surface area contributed by atoms with Crippen LogP contribution in [0.15, 0.2) is 18.2 Å². The van der Waals surface area contributed by atoms with Crippen molar-refractivity contribution in [2.45, 2.75) is 38.5 Å². The number of hydrogen-bond acceptors (Lipinski definition) is 3. The first kappa shape index (κ1) is 17.1. The Morgan fingerprint density at radius 2 is 1.73 bits per heavy atom. The number of nitrogens with one attached hydrogen (secondary N) is 1. The van der Waals surface area contributed by atoms with Gasteiger partial charge in [0.1, 0.15) is 0 Å². The van der Waals surface area contributed by atoms with Gasteiger partial charge < -0.3 is 15.1 Å². The maximum absolute atomic E-state index is 12.6. The number of amides is 3. The van der Waals surface area contributed by atoms with Gasteiger partial charge in [-0.1, -0.05) is 25.0 Å². The van der Waals surface area contributed by atoms with Crippen LogP contribution in [0, 0.1) is 5.92 Å². The van der Waals surface area contributed by atoms with Gasteiger partial charge in [0.15, 0.2) is 0 Å². The zero-order chi connectivity index (χ0) is 18.1. The number of nitrogens with zero attached hydrogens (tertiary/aromatic N) is 2. The van der Waals surface area contributed by atoms with Gasteiger partial charge >= 0.3 is 0 Å². The Morgan fingerprint density at radius 1 is 1.04 bits per heavy atom. The van der Waals surface area contributed by atoms with E-state index in [2.05, 4.69) is 5.32 Å². The van der Waals surface area contributed by atoms with E-state index in [1.165, 1.54) is 0 Å². The highest BCUT2D eigenvalue weighted by Crippen LogP contribution is 2.27. The summed E-state index contributed by atoms with van der Waals surface area (Å²) >= 11 is 0. The molecule has 6 nitrogen and oxygen atoms in total. The molecule has 0 unspecified atom stereocenters. The molecule has 138 valence electrons. The number of benzene rings is 1. The standard InChI is InChI=1S/C20H25N3O3/c24-18-13-16-11-14(5-6-17(16)21-18)12-19(25)22-7-9-23(10-8-22)20(26)15-3-1-2-4-15/h5-6,11,15H,1-4,7-10,12-13H2,(H,21,24). The number of hydrogen-bond donors (Lipinski definition) is 1. The number of piperazine rings is 1. The number of fused-ring (bicyclic) bond motifs is 1. The maximum Gasteiger partial charge on any atom is 0.228 e. The van der Waals surface area contributed by atoms with Crippen molar-refractivity contribution >= 4 is 23.4 Å². The van der Waals surface area contributed by atoms with Crippen LogP contribution in [0.5, 0.6) is 0 Å². The molecule has 2 aliphatic heterocycles. The normalized spacial score (nSPS) is 20.2. The van der Waals surface area contributed by atoms with Gasteiger partial charge in [-0.3, -0.25) is 14.4 Å². The van der Waals surface area contributed by atoms with Crippen molar-refractivity contribution < 1.29 is 14.4 Å². The Kier molecular flexibility index (Phi) is 4.66. The molecule has 6 heteroatoms. The largest absolute Gasteiger partial charge is 0.339 e. The van der Waals surface area contributed by atoms with E-state index in [4.69, 9.17) is 0 Å². The number of anilines is 1. The molecule has 2 fully saturated rings. The molecule has 0 atom stereocenters. The van der Waals surface area contributed by atoms with Crippen LogP contribution in [0.25, 0.3) is 0 Å². The molecule has 2 heterocycles. The van der Waals surface area contributed by atoms with E-state index >= 15 is 0 Å². The number of carbonyl (C=O) groups is 3. The Morgan fingerprint density at radius 3 is 2.46 bits per heavy atom. The molecule has 4 rings (SSSR count). The molecule has 3 amide bonds. The van der Waals surface area contributed by atoms with Crippen LogP contribution in [-0.4, -0.2) is 53.7 Å². The number of carbonyl (C=O) groups excluding carboxylic acids is 3. The summed E-state index contributed by atoms with van der Waals surface area (Å²) in [6.07, 6.45) is 5.10. The lowest BCUT2D eigenvalue weighted by Crippen LogP contribution is -2.52. The second kappa shape index (κ2) is 7.09. The second-order valence-corrected chi connectivity index (χ2v) is 7.58. The van der Waals surface area contributed by atoms with Crippen molar-refractivity contribution in [2.75, 3.05) is 31.5 Å². The highest BCUT2D eigenvalue weighted by Gasteiger charge is 2.30. The fraction of sp³-hybridized carbons (Fsp3) is 0.550. The Balaban J connectivity index is 1.30. The van der Waals surface area contributed by atoms with Gasteiger partial charge in [-0.2, -0.15) is 0 Å². The highest BCUT2D eigenvalue weighted by atomic mass is 16.2. The van der Waals surface area contributed by atoms with E-state index in [1.807, 2.05) is 28.0 Å². The zero-order valence-corrected chi connectivity index (χ0v) is 15.0. The summed E-state index contributed by atoms with van der Waals surface area (Å²) in [5.74, 6) is 0.590. The quantitative estimate of drug-likeness (QED) is 0.895. The van der Waals surface area contributed by atoms with Gasteiger partial charge in [0.05, 0.1) is 12.8 Å². The predicted octanol–water partition coefficient (Wildman–Crippen LogP) is 1.58. The molecule has 1 saturated carbocycles. The van der Waals surface area contributed by atoms with Gasteiger partial charge in [0, 0.05) is 37.8 Å². The molecule has 1 saturated heterocycles. The van der Waals surface area contributed by atoms with Crippen molar-refractivity contribution in [3.8, 4) is 0 Å². The summed E-state index contributed by atoms with van der Waals surface area (Å²) in [7, 11) is 0. The topological polar surface area (TPSA) is 69.7 Å². The lowest BCUT2D eigenvalue weighted by atomic mass is 10.0. The molecule has 0 spiro atoms. The minimum atomic E-state index is 0.00604.